The Bertz CT molecular complexity index is 931. The second-order valence-corrected chi connectivity index (χ2v) is 6.56. The van der Waals surface area contributed by atoms with Crippen molar-refractivity contribution in [3.05, 3.63) is 56.9 Å². The van der Waals surface area contributed by atoms with Gasteiger partial charge in [0.15, 0.2) is 0 Å². The van der Waals surface area contributed by atoms with E-state index in [4.69, 9.17) is 0 Å². The molecule has 2 aromatic heterocycles. The van der Waals surface area contributed by atoms with Gasteiger partial charge in [0.25, 0.3) is 5.56 Å². The van der Waals surface area contributed by atoms with Crippen LogP contribution in [0.2, 0.25) is 0 Å². The maximum Gasteiger partial charge on any atom is 0.275 e. The van der Waals surface area contributed by atoms with Gasteiger partial charge in [-0.25, -0.2) is 9.67 Å². The van der Waals surface area contributed by atoms with Crippen LogP contribution in [-0.4, -0.2) is 39.2 Å². The van der Waals surface area contributed by atoms with Crippen LogP contribution in [0.15, 0.2) is 40.8 Å². The van der Waals surface area contributed by atoms with Gasteiger partial charge in [0, 0.05) is 30.3 Å². The topological polar surface area (TPSA) is 68.1 Å². The van der Waals surface area contributed by atoms with E-state index in [0.29, 0.717) is 11.9 Å². The van der Waals surface area contributed by atoms with E-state index < -0.39 is 0 Å². The largest absolute Gasteiger partial charge is 0.344 e. The molecule has 0 spiro atoms. The SMILES string of the molecule is Cc1ncsc1CCN(C)C(=O)Cn1ncc2ccccc2c1=O. The minimum Gasteiger partial charge on any atom is -0.344 e. The Hall–Kier alpha value is -2.54. The average molecular weight is 342 g/mol. The number of likely N-dealkylation sites (N-methyl/N-ethyl adjacent to an activating group) is 1. The van der Waals surface area contributed by atoms with Gasteiger partial charge in [0.2, 0.25) is 5.91 Å². The molecule has 24 heavy (non-hydrogen) atoms. The van der Waals surface area contributed by atoms with Gasteiger partial charge < -0.3 is 4.90 Å². The maximum atomic E-state index is 12.4. The molecule has 2 heterocycles. The van der Waals surface area contributed by atoms with Crippen molar-refractivity contribution in [3.63, 3.8) is 0 Å². The zero-order valence-electron chi connectivity index (χ0n) is 13.6. The lowest BCUT2D eigenvalue weighted by Gasteiger charge is -2.17. The zero-order chi connectivity index (χ0) is 17.1. The van der Waals surface area contributed by atoms with E-state index in [1.54, 1.807) is 41.6 Å². The first kappa shape index (κ1) is 16.3. The molecule has 7 heteroatoms. The molecule has 0 N–H and O–H groups in total. The number of aryl methyl sites for hydroxylation is 1. The van der Waals surface area contributed by atoms with Crippen LogP contribution in [0.1, 0.15) is 10.6 Å². The first-order valence-corrected chi connectivity index (χ1v) is 8.52. The average Bonchev–Trinajstić information content (AvgIpc) is 3.00. The lowest BCUT2D eigenvalue weighted by Crippen LogP contribution is -2.36. The number of aromatic nitrogens is 3. The fourth-order valence-electron chi connectivity index (χ4n) is 2.45. The van der Waals surface area contributed by atoms with E-state index in [9.17, 15) is 9.59 Å². The third-order valence-corrected chi connectivity index (χ3v) is 4.99. The molecule has 0 atom stereocenters. The van der Waals surface area contributed by atoms with Crippen molar-refractivity contribution < 1.29 is 4.79 Å². The predicted molar refractivity (Wildman–Crippen MR) is 94.2 cm³/mol. The molecule has 3 rings (SSSR count). The van der Waals surface area contributed by atoms with E-state index in [1.165, 1.54) is 9.56 Å². The smallest absolute Gasteiger partial charge is 0.275 e. The van der Waals surface area contributed by atoms with Crippen LogP contribution in [0.25, 0.3) is 10.8 Å². The summed E-state index contributed by atoms with van der Waals surface area (Å²) < 4.78 is 1.22. The number of hydrogen-bond acceptors (Lipinski definition) is 5. The van der Waals surface area contributed by atoms with Gasteiger partial charge in [-0.05, 0) is 13.0 Å². The summed E-state index contributed by atoms with van der Waals surface area (Å²) in [6, 6.07) is 7.24. The number of carbonyl (C=O) groups is 1. The molecule has 6 nitrogen and oxygen atoms in total. The number of benzene rings is 1. The molecule has 124 valence electrons. The van der Waals surface area contributed by atoms with Gasteiger partial charge in [-0.15, -0.1) is 11.3 Å². The highest BCUT2D eigenvalue weighted by Crippen LogP contribution is 2.13. The lowest BCUT2D eigenvalue weighted by atomic mass is 10.2. The Morgan fingerprint density at radius 3 is 2.88 bits per heavy atom. The van der Waals surface area contributed by atoms with Crippen molar-refractivity contribution in [1.29, 1.82) is 0 Å². The number of hydrogen-bond donors (Lipinski definition) is 0. The van der Waals surface area contributed by atoms with Crippen molar-refractivity contribution in [1.82, 2.24) is 19.7 Å². The number of fused-ring (bicyclic) bond motifs is 1. The molecule has 0 radical (unpaired) electrons. The molecule has 0 aliphatic carbocycles. The third-order valence-electron chi connectivity index (χ3n) is 3.99. The van der Waals surface area contributed by atoms with E-state index >= 15 is 0 Å². The van der Waals surface area contributed by atoms with E-state index in [-0.39, 0.29) is 18.0 Å². The number of carbonyl (C=O) groups excluding carboxylic acids is 1. The van der Waals surface area contributed by atoms with Crippen LogP contribution in [0, 0.1) is 6.92 Å². The highest BCUT2D eigenvalue weighted by atomic mass is 32.1. The van der Waals surface area contributed by atoms with E-state index in [0.717, 1.165) is 17.5 Å². The molecule has 0 aliphatic heterocycles. The second kappa shape index (κ2) is 6.92. The summed E-state index contributed by atoms with van der Waals surface area (Å²) in [7, 11) is 1.74. The monoisotopic (exact) mass is 342 g/mol. The quantitative estimate of drug-likeness (QED) is 0.710. The van der Waals surface area contributed by atoms with Crippen molar-refractivity contribution in [2.24, 2.45) is 0 Å². The zero-order valence-corrected chi connectivity index (χ0v) is 14.4. The van der Waals surface area contributed by atoms with Crippen LogP contribution >= 0.6 is 11.3 Å². The minimum absolute atomic E-state index is 0.0537. The van der Waals surface area contributed by atoms with Crippen LogP contribution < -0.4 is 5.56 Å². The maximum absolute atomic E-state index is 12.4. The molecule has 3 aromatic rings. The number of rotatable bonds is 5. The first-order valence-electron chi connectivity index (χ1n) is 7.64. The standard InChI is InChI=1S/C17H18N4O2S/c1-12-15(24-11-18-12)7-8-20(2)16(22)10-21-17(23)14-6-4-3-5-13(14)9-19-21/h3-6,9,11H,7-8,10H2,1-2H3. The van der Waals surface area contributed by atoms with Crippen LogP contribution in [-0.2, 0) is 17.8 Å². The fourth-order valence-corrected chi connectivity index (χ4v) is 3.22. The van der Waals surface area contributed by atoms with Gasteiger partial charge in [0.1, 0.15) is 6.54 Å². The van der Waals surface area contributed by atoms with Gasteiger partial charge in [-0.3, -0.25) is 9.59 Å². The third kappa shape index (κ3) is 3.35. The number of thiazole rings is 1. The van der Waals surface area contributed by atoms with Gasteiger partial charge in [0.05, 0.1) is 22.8 Å². The van der Waals surface area contributed by atoms with Gasteiger partial charge in [-0.2, -0.15) is 5.10 Å². The molecule has 0 aliphatic rings. The highest BCUT2D eigenvalue weighted by molar-refractivity contribution is 7.09. The van der Waals surface area contributed by atoms with E-state index in [1.807, 2.05) is 24.6 Å². The molecule has 0 bridgehead atoms. The Morgan fingerprint density at radius 1 is 1.33 bits per heavy atom. The molecule has 0 saturated carbocycles. The van der Waals surface area contributed by atoms with Crippen molar-refractivity contribution in [2.45, 2.75) is 19.9 Å². The van der Waals surface area contributed by atoms with Crippen LogP contribution in [0.4, 0.5) is 0 Å². The van der Waals surface area contributed by atoms with Crippen LogP contribution in [0.5, 0.6) is 0 Å². The summed E-state index contributed by atoms with van der Waals surface area (Å²) in [6.07, 6.45) is 2.38. The summed E-state index contributed by atoms with van der Waals surface area (Å²) in [5, 5.41) is 5.45. The molecule has 1 aromatic carbocycles. The fraction of sp³-hybridized carbons (Fsp3) is 0.294. The normalized spacial score (nSPS) is 10.9. The highest BCUT2D eigenvalue weighted by Gasteiger charge is 2.13. The minimum atomic E-state index is -0.242. The Labute approximate surface area is 143 Å². The lowest BCUT2D eigenvalue weighted by molar-refractivity contribution is -0.130. The molecular formula is C17H18N4O2S. The van der Waals surface area contributed by atoms with E-state index in [2.05, 4.69) is 10.1 Å². The Morgan fingerprint density at radius 2 is 2.12 bits per heavy atom. The van der Waals surface area contributed by atoms with Gasteiger partial charge >= 0.3 is 0 Å². The summed E-state index contributed by atoms with van der Waals surface area (Å²) in [4.78, 5) is 31.8. The first-order chi connectivity index (χ1) is 11.6. The predicted octanol–water partition coefficient (Wildman–Crippen LogP) is 1.86. The molecule has 0 fully saturated rings. The molecular weight excluding hydrogens is 324 g/mol. The van der Waals surface area contributed by atoms with Gasteiger partial charge in [-0.1, -0.05) is 18.2 Å². The summed E-state index contributed by atoms with van der Waals surface area (Å²) >= 11 is 1.59. The van der Waals surface area contributed by atoms with Crippen molar-refractivity contribution in [3.8, 4) is 0 Å². The second-order valence-electron chi connectivity index (χ2n) is 5.62. The number of nitrogens with zero attached hydrogens (tertiary/aromatic N) is 4. The van der Waals surface area contributed by atoms with Crippen molar-refractivity contribution in [2.75, 3.05) is 13.6 Å². The summed E-state index contributed by atoms with van der Waals surface area (Å²) in [5.74, 6) is -0.137. The molecule has 0 saturated heterocycles. The van der Waals surface area contributed by atoms with Crippen LogP contribution in [0.3, 0.4) is 0 Å². The Kier molecular flexibility index (Phi) is 4.71. The summed E-state index contributed by atoms with van der Waals surface area (Å²) in [6.45, 7) is 2.50. The number of amides is 1. The van der Waals surface area contributed by atoms with Crippen molar-refractivity contribution >= 4 is 28.0 Å². The molecule has 1 amide bonds. The summed E-state index contributed by atoms with van der Waals surface area (Å²) in [5.41, 5.74) is 2.58. The molecule has 0 unspecified atom stereocenters. The Balaban J connectivity index is 1.69.